The molecule has 0 atom stereocenters. The second-order valence-corrected chi connectivity index (χ2v) is 9.60. The van der Waals surface area contributed by atoms with Crippen LogP contribution in [0.2, 0.25) is 10.0 Å². The Morgan fingerprint density at radius 1 is 1.03 bits per heavy atom. The van der Waals surface area contributed by atoms with Crippen molar-refractivity contribution in [1.82, 2.24) is 4.98 Å². The molecule has 2 aromatic carbocycles. The molecule has 1 aliphatic heterocycles. The Hall–Kier alpha value is -3.44. The Balaban J connectivity index is 1.53. The van der Waals surface area contributed by atoms with Crippen LogP contribution in [0, 0.1) is 6.92 Å². The average Bonchev–Trinajstić information content (AvgIpc) is 3.29. The predicted octanol–water partition coefficient (Wildman–Crippen LogP) is 5.23. The molecule has 13 heteroatoms. The molecular formula is C23H15Cl3N4O5S. The van der Waals surface area contributed by atoms with Crippen molar-refractivity contribution in [1.29, 1.82) is 0 Å². The van der Waals surface area contributed by atoms with Gasteiger partial charge in [-0.15, -0.1) is 0 Å². The predicted molar refractivity (Wildman–Crippen MR) is 138 cm³/mol. The number of hydrogen-bond acceptors (Lipinski definition) is 8. The molecule has 0 radical (unpaired) electrons. The number of imide groups is 1. The number of carbonyl (C=O) groups is 4. The number of rotatable bonds is 6. The van der Waals surface area contributed by atoms with E-state index >= 15 is 0 Å². The fourth-order valence-corrected chi connectivity index (χ4v) is 4.90. The Morgan fingerprint density at radius 3 is 2.39 bits per heavy atom. The van der Waals surface area contributed by atoms with E-state index in [9.17, 15) is 19.2 Å². The summed E-state index contributed by atoms with van der Waals surface area (Å²) in [4.78, 5) is 55.6. The monoisotopic (exact) mass is 564 g/mol. The molecule has 0 saturated heterocycles. The highest BCUT2D eigenvalue weighted by Crippen LogP contribution is 2.33. The number of methoxy groups -OCH3 is 1. The van der Waals surface area contributed by atoms with Crippen LogP contribution in [0.1, 0.15) is 25.7 Å². The van der Waals surface area contributed by atoms with Crippen LogP contribution in [0.4, 0.5) is 16.5 Å². The van der Waals surface area contributed by atoms with Gasteiger partial charge in [-0.25, -0.2) is 14.7 Å². The van der Waals surface area contributed by atoms with Gasteiger partial charge >= 0.3 is 5.97 Å². The number of anilines is 3. The second-order valence-electron chi connectivity index (χ2n) is 7.35. The third kappa shape index (κ3) is 5.07. The highest BCUT2D eigenvalue weighted by atomic mass is 35.5. The Labute approximate surface area is 223 Å². The van der Waals surface area contributed by atoms with E-state index in [2.05, 4.69) is 15.6 Å². The zero-order valence-corrected chi connectivity index (χ0v) is 21.6. The zero-order valence-electron chi connectivity index (χ0n) is 18.5. The number of esters is 1. The number of thiazole rings is 1. The first-order valence-corrected chi connectivity index (χ1v) is 12.0. The Kier molecular flexibility index (Phi) is 7.32. The van der Waals surface area contributed by atoms with Crippen molar-refractivity contribution in [3.05, 3.63) is 79.4 Å². The molecule has 36 heavy (non-hydrogen) atoms. The van der Waals surface area contributed by atoms with Crippen molar-refractivity contribution >= 4 is 86.3 Å². The molecule has 0 saturated carbocycles. The maximum absolute atomic E-state index is 13.0. The SMILES string of the molecule is COC(=O)c1sc(NC(=O)c2cccc(NC3=C(Cl)C(=O)N(c4cc(Cl)cc(Cl)c4)C3=O)c2)nc1C. The Morgan fingerprint density at radius 2 is 1.72 bits per heavy atom. The third-order valence-corrected chi connectivity index (χ3v) is 6.75. The number of nitrogens with zero attached hydrogens (tertiary/aromatic N) is 2. The molecule has 0 fully saturated rings. The lowest BCUT2D eigenvalue weighted by Gasteiger charge is -2.16. The molecule has 1 aromatic heterocycles. The highest BCUT2D eigenvalue weighted by molar-refractivity contribution is 7.17. The van der Waals surface area contributed by atoms with Gasteiger partial charge in [0.2, 0.25) is 0 Å². The number of nitrogens with one attached hydrogen (secondary N) is 2. The topological polar surface area (TPSA) is 118 Å². The smallest absolute Gasteiger partial charge is 0.350 e. The van der Waals surface area contributed by atoms with Crippen LogP contribution in [0.25, 0.3) is 0 Å². The third-order valence-electron chi connectivity index (χ3n) is 4.91. The summed E-state index contributed by atoms with van der Waals surface area (Å²) < 4.78 is 4.70. The molecule has 0 bridgehead atoms. The van der Waals surface area contributed by atoms with Gasteiger partial charge in [0.1, 0.15) is 15.6 Å². The fourth-order valence-electron chi connectivity index (χ4n) is 3.30. The van der Waals surface area contributed by atoms with Gasteiger partial charge in [-0.2, -0.15) is 0 Å². The van der Waals surface area contributed by atoms with E-state index in [4.69, 9.17) is 39.5 Å². The van der Waals surface area contributed by atoms with Crippen LogP contribution in [0.5, 0.6) is 0 Å². The zero-order chi connectivity index (χ0) is 26.1. The minimum atomic E-state index is -0.753. The van der Waals surface area contributed by atoms with Gasteiger partial charge in [0, 0.05) is 21.3 Å². The van der Waals surface area contributed by atoms with Crippen LogP contribution in [-0.2, 0) is 14.3 Å². The molecular weight excluding hydrogens is 551 g/mol. The van der Waals surface area contributed by atoms with Gasteiger partial charge < -0.3 is 10.1 Å². The summed E-state index contributed by atoms with van der Waals surface area (Å²) in [5.74, 6) is -2.52. The molecule has 4 rings (SSSR count). The van der Waals surface area contributed by atoms with Crippen LogP contribution in [0.15, 0.2) is 53.2 Å². The number of ether oxygens (including phenoxy) is 1. The summed E-state index contributed by atoms with van der Waals surface area (Å²) >= 11 is 19.2. The first-order chi connectivity index (χ1) is 17.1. The largest absolute Gasteiger partial charge is 0.465 e. The summed E-state index contributed by atoms with van der Waals surface area (Å²) in [6.07, 6.45) is 0. The van der Waals surface area contributed by atoms with Gasteiger partial charge in [-0.1, -0.05) is 52.2 Å². The fraction of sp³-hybridized carbons (Fsp3) is 0.0870. The van der Waals surface area contributed by atoms with Gasteiger partial charge in [-0.05, 0) is 43.3 Å². The molecule has 3 amide bonds. The maximum atomic E-state index is 13.0. The summed E-state index contributed by atoms with van der Waals surface area (Å²) in [6.45, 7) is 1.63. The molecule has 0 unspecified atom stereocenters. The molecule has 0 spiro atoms. The standard InChI is InChI=1S/C23H15Cl3N4O5S/c1-10-18(22(34)35-2)36-23(27-10)29-19(31)11-4-3-5-14(6-11)28-17-16(26)20(32)30(21(17)33)15-8-12(24)7-13(25)9-15/h3-9,28H,1-2H3,(H,27,29,31). The first kappa shape index (κ1) is 25.6. The molecule has 3 aromatic rings. The molecule has 184 valence electrons. The number of aromatic nitrogens is 1. The van der Waals surface area contributed by atoms with E-state index in [-0.39, 0.29) is 42.0 Å². The number of aryl methyl sites for hydroxylation is 1. The van der Waals surface area contributed by atoms with E-state index in [1.165, 1.54) is 31.4 Å². The summed E-state index contributed by atoms with van der Waals surface area (Å²) in [5.41, 5.74) is 0.964. The number of benzene rings is 2. The van der Waals surface area contributed by atoms with Crippen molar-refractivity contribution in [2.45, 2.75) is 6.92 Å². The van der Waals surface area contributed by atoms with Gasteiger partial charge in [-0.3, -0.25) is 19.7 Å². The van der Waals surface area contributed by atoms with Crippen LogP contribution >= 0.6 is 46.1 Å². The molecule has 2 heterocycles. The maximum Gasteiger partial charge on any atom is 0.350 e. The summed E-state index contributed by atoms with van der Waals surface area (Å²) in [7, 11) is 1.26. The van der Waals surface area contributed by atoms with E-state index in [0.29, 0.717) is 11.4 Å². The van der Waals surface area contributed by atoms with Gasteiger partial charge in [0.25, 0.3) is 17.7 Å². The molecule has 2 N–H and O–H groups in total. The van der Waals surface area contributed by atoms with Crippen molar-refractivity contribution in [2.24, 2.45) is 0 Å². The van der Waals surface area contributed by atoms with Crippen LogP contribution in [0.3, 0.4) is 0 Å². The van der Waals surface area contributed by atoms with Gasteiger partial charge in [0.15, 0.2) is 5.13 Å². The molecule has 9 nitrogen and oxygen atoms in total. The van der Waals surface area contributed by atoms with E-state index in [1.54, 1.807) is 25.1 Å². The molecule has 0 aliphatic carbocycles. The lowest BCUT2D eigenvalue weighted by atomic mass is 10.2. The number of carbonyl (C=O) groups excluding carboxylic acids is 4. The first-order valence-electron chi connectivity index (χ1n) is 10.1. The van der Waals surface area contributed by atoms with E-state index < -0.39 is 23.7 Å². The Bertz CT molecular complexity index is 1450. The highest BCUT2D eigenvalue weighted by Gasteiger charge is 2.39. The lowest BCUT2D eigenvalue weighted by molar-refractivity contribution is -0.120. The normalized spacial score (nSPS) is 13.3. The van der Waals surface area contributed by atoms with Crippen molar-refractivity contribution < 1.29 is 23.9 Å². The van der Waals surface area contributed by atoms with Crippen LogP contribution in [-0.4, -0.2) is 35.8 Å². The van der Waals surface area contributed by atoms with Crippen molar-refractivity contribution in [2.75, 3.05) is 22.6 Å². The number of hydrogen-bond donors (Lipinski definition) is 2. The van der Waals surface area contributed by atoms with E-state index in [0.717, 1.165) is 16.2 Å². The minimum Gasteiger partial charge on any atom is -0.465 e. The summed E-state index contributed by atoms with van der Waals surface area (Å²) in [5, 5.41) is 5.80. The van der Waals surface area contributed by atoms with Crippen molar-refractivity contribution in [3.8, 4) is 0 Å². The van der Waals surface area contributed by atoms with Crippen LogP contribution < -0.4 is 15.5 Å². The average molecular weight is 566 g/mol. The van der Waals surface area contributed by atoms with E-state index in [1.807, 2.05) is 0 Å². The lowest BCUT2D eigenvalue weighted by Crippen LogP contribution is -2.32. The number of halogens is 3. The van der Waals surface area contributed by atoms with Gasteiger partial charge in [0.05, 0.1) is 18.5 Å². The van der Waals surface area contributed by atoms with Crippen molar-refractivity contribution in [3.63, 3.8) is 0 Å². The quantitative estimate of drug-likeness (QED) is 0.310. The second kappa shape index (κ2) is 10.3. The minimum absolute atomic E-state index is 0.163. The summed E-state index contributed by atoms with van der Waals surface area (Å²) in [6, 6.07) is 10.5. The molecule has 1 aliphatic rings. The number of amides is 3.